The number of amides is 1. The molecule has 1 aromatic rings. The van der Waals surface area contributed by atoms with E-state index < -0.39 is 0 Å². The quantitative estimate of drug-likeness (QED) is 0.844. The monoisotopic (exact) mass is 326 g/mol. The van der Waals surface area contributed by atoms with Crippen LogP contribution in [0.15, 0.2) is 24.3 Å². The molecule has 0 spiro atoms. The zero-order valence-corrected chi connectivity index (χ0v) is 14.2. The zero-order valence-electron chi connectivity index (χ0n) is 13.4. The predicted octanol–water partition coefficient (Wildman–Crippen LogP) is 2.41. The molecule has 1 aliphatic rings. The topological polar surface area (TPSA) is 50.4 Å². The van der Waals surface area contributed by atoms with Crippen LogP contribution in [0.3, 0.4) is 0 Å². The molecule has 1 aliphatic heterocycles. The van der Waals surface area contributed by atoms with Gasteiger partial charge in [0.1, 0.15) is 5.75 Å². The van der Waals surface area contributed by atoms with Crippen molar-refractivity contribution in [3.63, 3.8) is 0 Å². The van der Waals surface area contributed by atoms with Gasteiger partial charge in [-0.25, -0.2) is 0 Å². The van der Waals surface area contributed by atoms with Crippen molar-refractivity contribution in [2.24, 2.45) is 11.8 Å². The highest BCUT2D eigenvalue weighted by Gasteiger charge is 2.20. The van der Waals surface area contributed by atoms with Crippen LogP contribution in [-0.4, -0.2) is 32.7 Å². The van der Waals surface area contributed by atoms with E-state index in [1.165, 1.54) is 5.56 Å². The lowest BCUT2D eigenvalue weighted by Crippen LogP contribution is -2.39. The highest BCUT2D eigenvalue weighted by molar-refractivity contribution is 5.85. The highest BCUT2D eigenvalue weighted by atomic mass is 35.5. The normalized spacial score (nSPS) is 16.5. The molecular formula is C17H27ClN2O2. The van der Waals surface area contributed by atoms with Gasteiger partial charge in [-0.05, 0) is 56.0 Å². The van der Waals surface area contributed by atoms with Crippen LogP contribution in [0.2, 0.25) is 0 Å². The molecule has 1 saturated heterocycles. The van der Waals surface area contributed by atoms with Gasteiger partial charge in [0.25, 0.3) is 0 Å². The molecule has 0 radical (unpaired) electrons. The number of hydrogen-bond acceptors (Lipinski definition) is 3. The van der Waals surface area contributed by atoms with E-state index in [4.69, 9.17) is 4.74 Å². The van der Waals surface area contributed by atoms with Crippen LogP contribution in [0.1, 0.15) is 25.3 Å². The number of carbonyl (C=O) groups excluding carboxylic acids is 1. The molecule has 0 aliphatic carbocycles. The first-order valence-electron chi connectivity index (χ1n) is 7.80. The van der Waals surface area contributed by atoms with Crippen LogP contribution in [0, 0.1) is 11.8 Å². The molecular weight excluding hydrogens is 300 g/mol. The summed E-state index contributed by atoms with van der Waals surface area (Å²) in [4.78, 5) is 12.1. The van der Waals surface area contributed by atoms with Gasteiger partial charge in [-0.15, -0.1) is 12.4 Å². The van der Waals surface area contributed by atoms with Crippen molar-refractivity contribution in [3.05, 3.63) is 29.8 Å². The molecule has 1 amide bonds. The molecule has 0 aromatic heterocycles. The maximum atomic E-state index is 12.1. The summed E-state index contributed by atoms with van der Waals surface area (Å²) in [5.41, 5.74) is 1.28. The zero-order chi connectivity index (χ0) is 15.1. The summed E-state index contributed by atoms with van der Waals surface area (Å²) >= 11 is 0. The molecule has 0 saturated carbocycles. The number of methoxy groups -OCH3 is 1. The van der Waals surface area contributed by atoms with E-state index in [1.807, 2.05) is 12.1 Å². The average Bonchev–Trinajstić information content (AvgIpc) is 2.54. The van der Waals surface area contributed by atoms with Gasteiger partial charge in [-0.2, -0.15) is 0 Å². The Morgan fingerprint density at radius 2 is 1.95 bits per heavy atom. The summed E-state index contributed by atoms with van der Waals surface area (Å²) < 4.78 is 5.16. The molecule has 1 heterocycles. The lowest BCUT2D eigenvalue weighted by Gasteiger charge is -2.22. The molecule has 0 bridgehead atoms. The van der Waals surface area contributed by atoms with Crippen LogP contribution in [0.5, 0.6) is 5.75 Å². The van der Waals surface area contributed by atoms with Gasteiger partial charge in [0.05, 0.1) is 7.11 Å². The second-order valence-corrected chi connectivity index (χ2v) is 5.93. The molecule has 22 heavy (non-hydrogen) atoms. The van der Waals surface area contributed by atoms with Crippen LogP contribution >= 0.6 is 12.4 Å². The minimum absolute atomic E-state index is 0. The number of piperidine rings is 1. The van der Waals surface area contributed by atoms with Crippen LogP contribution in [-0.2, 0) is 11.2 Å². The Labute approximate surface area is 139 Å². The molecule has 2 N–H and O–H groups in total. The first kappa shape index (κ1) is 18.8. The van der Waals surface area contributed by atoms with Crippen molar-refractivity contribution in [2.75, 3.05) is 26.7 Å². The third-order valence-corrected chi connectivity index (χ3v) is 4.08. The van der Waals surface area contributed by atoms with Gasteiger partial charge in [0.15, 0.2) is 0 Å². The Hall–Kier alpha value is -1.26. The molecule has 1 atom stereocenters. The van der Waals surface area contributed by atoms with Crippen molar-refractivity contribution in [1.82, 2.24) is 10.6 Å². The lowest BCUT2D eigenvalue weighted by molar-refractivity contribution is -0.125. The first-order valence-corrected chi connectivity index (χ1v) is 7.80. The number of rotatable bonds is 6. The summed E-state index contributed by atoms with van der Waals surface area (Å²) in [6.07, 6.45) is 2.88. The highest BCUT2D eigenvalue weighted by Crippen LogP contribution is 2.15. The van der Waals surface area contributed by atoms with Crippen molar-refractivity contribution in [1.29, 1.82) is 0 Å². The third kappa shape index (κ3) is 5.85. The maximum absolute atomic E-state index is 12.1. The van der Waals surface area contributed by atoms with Gasteiger partial charge in [-0.3, -0.25) is 4.79 Å². The summed E-state index contributed by atoms with van der Waals surface area (Å²) in [6, 6.07) is 8.14. The second kappa shape index (κ2) is 9.70. The number of benzene rings is 1. The molecule has 1 aromatic carbocycles. The lowest BCUT2D eigenvalue weighted by atomic mass is 9.96. The van der Waals surface area contributed by atoms with Crippen molar-refractivity contribution < 1.29 is 9.53 Å². The van der Waals surface area contributed by atoms with E-state index in [0.29, 0.717) is 5.92 Å². The Bertz CT molecular complexity index is 444. The number of halogens is 1. The largest absolute Gasteiger partial charge is 0.497 e. The fourth-order valence-corrected chi connectivity index (χ4v) is 2.74. The molecule has 124 valence electrons. The minimum atomic E-state index is 0. The van der Waals surface area contributed by atoms with Crippen LogP contribution in [0.25, 0.3) is 0 Å². The van der Waals surface area contributed by atoms with E-state index in [0.717, 1.165) is 44.6 Å². The standard InChI is InChI=1S/C17H26N2O2.ClH/c1-13(11-14-3-5-16(21-2)6-4-14)12-19-17(20)15-7-9-18-10-8-15;/h3-6,13,15,18H,7-12H2,1-2H3,(H,19,20);1H. The van der Waals surface area contributed by atoms with E-state index >= 15 is 0 Å². The SMILES string of the molecule is COc1ccc(CC(C)CNC(=O)C2CCNCC2)cc1.Cl. The van der Waals surface area contributed by atoms with Gasteiger partial charge >= 0.3 is 0 Å². The molecule has 2 rings (SSSR count). The first-order chi connectivity index (χ1) is 10.2. The Morgan fingerprint density at radius 1 is 1.32 bits per heavy atom. The van der Waals surface area contributed by atoms with Crippen molar-refractivity contribution in [3.8, 4) is 5.75 Å². The number of hydrogen-bond donors (Lipinski definition) is 2. The Balaban J connectivity index is 0.00000242. The van der Waals surface area contributed by atoms with Gasteiger partial charge in [0, 0.05) is 12.5 Å². The summed E-state index contributed by atoms with van der Waals surface area (Å²) in [6.45, 7) is 4.83. The summed E-state index contributed by atoms with van der Waals surface area (Å²) in [5.74, 6) is 1.73. The van der Waals surface area contributed by atoms with Crippen LogP contribution < -0.4 is 15.4 Å². The molecule has 1 unspecified atom stereocenters. The molecule has 4 nitrogen and oxygen atoms in total. The Kier molecular flexibility index (Phi) is 8.28. The number of ether oxygens (including phenoxy) is 1. The number of nitrogens with one attached hydrogen (secondary N) is 2. The van der Waals surface area contributed by atoms with Crippen molar-refractivity contribution in [2.45, 2.75) is 26.2 Å². The predicted molar refractivity (Wildman–Crippen MR) is 91.7 cm³/mol. The molecule has 1 fully saturated rings. The van der Waals surface area contributed by atoms with E-state index in [1.54, 1.807) is 7.11 Å². The fourth-order valence-electron chi connectivity index (χ4n) is 2.74. The molecule has 5 heteroatoms. The van der Waals surface area contributed by atoms with Gasteiger partial charge in [-0.1, -0.05) is 19.1 Å². The third-order valence-electron chi connectivity index (χ3n) is 4.08. The fraction of sp³-hybridized carbons (Fsp3) is 0.588. The smallest absolute Gasteiger partial charge is 0.223 e. The average molecular weight is 327 g/mol. The minimum Gasteiger partial charge on any atom is -0.497 e. The maximum Gasteiger partial charge on any atom is 0.223 e. The van der Waals surface area contributed by atoms with Gasteiger partial charge in [0.2, 0.25) is 5.91 Å². The van der Waals surface area contributed by atoms with Crippen LogP contribution in [0.4, 0.5) is 0 Å². The summed E-state index contributed by atoms with van der Waals surface area (Å²) in [7, 11) is 1.67. The summed E-state index contributed by atoms with van der Waals surface area (Å²) in [5, 5.41) is 6.39. The van der Waals surface area contributed by atoms with E-state index in [2.05, 4.69) is 29.7 Å². The van der Waals surface area contributed by atoms with E-state index in [-0.39, 0.29) is 24.2 Å². The Morgan fingerprint density at radius 3 is 2.55 bits per heavy atom. The van der Waals surface area contributed by atoms with E-state index in [9.17, 15) is 4.79 Å². The van der Waals surface area contributed by atoms with Gasteiger partial charge < -0.3 is 15.4 Å². The van der Waals surface area contributed by atoms with Crippen molar-refractivity contribution >= 4 is 18.3 Å². The second-order valence-electron chi connectivity index (χ2n) is 5.93. The number of carbonyl (C=O) groups is 1.